The van der Waals surface area contributed by atoms with Gasteiger partial charge in [-0.25, -0.2) is 4.79 Å². The largest absolute Gasteiger partial charge is 0.507 e. The Bertz CT molecular complexity index is 723. The number of urea groups is 1. The quantitative estimate of drug-likeness (QED) is 0.640. The number of nitrogens with zero attached hydrogens (tertiary/aromatic N) is 2. The van der Waals surface area contributed by atoms with Gasteiger partial charge in [0.25, 0.3) is 0 Å². The van der Waals surface area contributed by atoms with E-state index in [9.17, 15) is 9.90 Å². The summed E-state index contributed by atoms with van der Waals surface area (Å²) in [5.41, 5.74) is 8.93. The standard InChI is InChI=1S/C25H41N3O3/c1-4-6-12-27(13-7-5-2)25(30)28-14-10-19(11-15-28)22-16-21-20(23(17-26)31-22)9-8-18(3)24(21)29/h8-9,19,22-23,29H,4-7,10-17,26H2,1-3H3/t22-,23-/m0/s1. The molecule has 0 spiro atoms. The average Bonchev–Trinajstić information content (AvgIpc) is 2.80. The lowest BCUT2D eigenvalue weighted by Gasteiger charge is -2.41. The molecule has 2 atom stereocenters. The number of phenols is 1. The number of benzene rings is 1. The van der Waals surface area contributed by atoms with Gasteiger partial charge in [0.15, 0.2) is 0 Å². The molecule has 3 rings (SSSR count). The molecule has 31 heavy (non-hydrogen) atoms. The van der Waals surface area contributed by atoms with Gasteiger partial charge in [-0.3, -0.25) is 0 Å². The summed E-state index contributed by atoms with van der Waals surface area (Å²) in [6.45, 7) is 9.95. The molecule has 2 aliphatic rings. The Labute approximate surface area is 187 Å². The average molecular weight is 432 g/mol. The summed E-state index contributed by atoms with van der Waals surface area (Å²) in [6, 6.07) is 4.18. The van der Waals surface area contributed by atoms with Crippen LogP contribution in [0.1, 0.15) is 75.2 Å². The summed E-state index contributed by atoms with van der Waals surface area (Å²) in [5.74, 6) is 0.769. The molecule has 2 amide bonds. The molecule has 0 bridgehead atoms. The summed E-state index contributed by atoms with van der Waals surface area (Å²) < 4.78 is 6.40. The van der Waals surface area contributed by atoms with E-state index in [4.69, 9.17) is 10.5 Å². The summed E-state index contributed by atoms with van der Waals surface area (Å²) in [7, 11) is 0. The number of hydrogen-bond donors (Lipinski definition) is 2. The van der Waals surface area contributed by atoms with Crippen molar-refractivity contribution < 1.29 is 14.6 Å². The van der Waals surface area contributed by atoms with Crippen LogP contribution >= 0.6 is 0 Å². The molecule has 1 saturated heterocycles. The Morgan fingerprint density at radius 3 is 2.42 bits per heavy atom. The second-order valence-electron chi connectivity index (χ2n) is 9.20. The molecule has 3 N–H and O–H groups in total. The highest BCUT2D eigenvalue weighted by Gasteiger charge is 2.36. The zero-order valence-corrected chi connectivity index (χ0v) is 19.6. The topological polar surface area (TPSA) is 79.0 Å². The maximum atomic E-state index is 13.1. The van der Waals surface area contributed by atoms with E-state index in [1.165, 1.54) is 0 Å². The van der Waals surface area contributed by atoms with Crippen molar-refractivity contribution >= 4 is 6.03 Å². The number of ether oxygens (including phenoxy) is 1. The van der Waals surface area contributed by atoms with Crippen LogP contribution < -0.4 is 5.73 Å². The predicted octanol–water partition coefficient (Wildman–Crippen LogP) is 4.38. The highest BCUT2D eigenvalue weighted by molar-refractivity contribution is 5.74. The Morgan fingerprint density at radius 1 is 1.19 bits per heavy atom. The zero-order valence-electron chi connectivity index (χ0n) is 19.6. The molecular formula is C25H41N3O3. The molecule has 2 aliphatic heterocycles. The minimum atomic E-state index is -0.168. The molecule has 0 unspecified atom stereocenters. The van der Waals surface area contributed by atoms with E-state index in [-0.39, 0.29) is 18.2 Å². The van der Waals surface area contributed by atoms with Crippen LogP contribution in [0, 0.1) is 12.8 Å². The molecule has 0 aliphatic carbocycles. The SMILES string of the molecule is CCCCN(CCCC)C(=O)N1CCC([C@@H]2Cc3c(ccc(C)c3O)[C@H](CN)O2)CC1. The molecule has 6 nitrogen and oxygen atoms in total. The maximum Gasteiger partial charge on any atom is 0.319 e. The van der Waals surface area contributed by atoms with E-state index in [1.54, 1.807) is 0 Å². The summed E-state index contributed by atoms with van der Waals surface area (Å²) in [4.78, 5) is 17.2. The van der Waals surface area contributed by atoms with Gasteiger partial charge < -0.3 is 25.4 Å². The molecule has 1 fully saturated rings. The number of amides is 2. The summed E-state index contributed by atoms with van der Waals surface area (Å²) in [5, 5.41) is 10.6. The van der Waals surface area contributed by atoms with Gasteiger partial charge in [-0.05, 0) is 49.7 Å². The molecule has 0 aromatic heterocycles. The monoisotopic (exact) mass is 431 g/mol. The Kier molecular flexibility index (Phi) is 8.61. The Morgan fingerprint density at radius 2 is 1.84 bits per heavy atom. The molecule has 2 heterocycles. The number of phenolic OH excluding ortho intramolecular Hbond substituents is 1. The number of carbonyl (C=O) groups excluding carboxylic acids is 1. The number of hydrogen-bond acceptors (Lipinski definition) is 4. The molecular weight excluding hydrogens is 390 g/mol. The number of piperidine rings is 1. The zero-order chi connectivity index (χ0) is 22.4. The van der Waals surface area contributed by atoms with Gasteiger partial charge in [-0.1, -0.05) is 38.8 Å². The number of aromatic hydroxyl groups is 1. The van der Waals surface area contributed by atoms with Crippen LogP contribution in [0.4, 0.5) is 4.79 Å². The van der Waals surface area contributed by atoms with Gasteiger partial charge in [-0.15, -0.1) is 0 Å². The van der Waals surface area contributed by atoms with Gasteiger partial charge in [0.05, 0.1) is 12.2 Å². The fourth-order valence-electron chi connectivity index (χ4n) is 4.94. The summed E-state index contributed by atoms with van der Waals surface area (Å²) in [6.07, 6.45) is 6.79. The minimum absolute atomic E-state index is 0.0438. The molecule has 1 aromatic rings. The van der Waals surface area contributed by atoms with Crippen LogP contribution in [0.15, 0.2) is 12.1 Å². The van der Waals surface area contributed by atoms with E-state index < -0.39 is 0 Å². The molecule has 6 heteroatoms. The smallest absolute Gasteiger partial charge is 0.319 e. The van der Waals surface area contributed by atoms with E-state index >= 15 is 0 Å². The van der Waals surface area contributed by atoms with Crippen molar-refractivity contribution in [3.05, 3.63) is 28.8 Å². The lowest BCUT2D eigenvalue weighted by Crippen LogP contribution is -2.49. The molecule has 174 valence electrons. The van der Waals surface area contributed by atoms with E-state index in [1.807, 2.05) is 28.9 Å². The van der Waals surface area contributed by atoms with Crippen molar-refractivity contribution in [2.45, 2.75) is 77.9 Å². The highest BCUT2D eigenvalue weighted by Crippen LogP contribution is 2.40. The second-order valence-corrected chi connectivity index (χ2v) is 9.20. The first kappa shape index (κ1) is 23.9. The number of carbonyl (C=O) groups is 1. The summed E-state index contributed by atoms with van der Waals surface area (Å²) >= 11 is 0. The van der Waals surface area contributed by atoms with Gasteiger partial charge in [0.1, 0.15) is 5.75 Å². The van der Waals surface area contributed by atoms with E-state index in [0.29, 0.717) is 18.2 Å². The third-order valence-corrected chi connectivity index (χ3v) is 7.00. The first-order valence-corrected chi connectivity index (χ1v) is 12.2. The van der Waals surface area contributed by atoms with E-state index in [0.717, 1.165) is 87.8 Å². The van der Waals surface area contributed by atoms with Gasteiger partial charge in [0, 0.05) is 44.7 Å². The first-order chi connectivity index (χ1) is 15.0. The van der Waals surface area contributed by atoms with Crippen molar-refractivity contribution in [3.8, 4) is 5.75 Å². The van der Waals surface area contributed by atoms with Gasteiger partial charge in [-0.2, -0.15) is 0 Å². The maximum absolute atomic E-state index is 13.1. The lowest BCUT2D eigenvalue weighted by molar-refractivity contribution is -0.0631. The first-order valence-electron chi connectivity index (χ1n) is 12.2. The number of fused-ring (bicyclic) bond motifs is 1. The fourth-order valence-corrected chi connectivity index (χ4v) is 4.94. The van der Waals surface area contributed by atoms with Crippen LogP contribution in [0.3, 0.4) is 0 Å². The normalized spacial score (nSPS) is 21.7. The van der Waals surface area contributed by atoms with Crippen LogP contribution in [0.25, 0.3) is 0 Å². The lowest BCUT2D eigenvalue weighted by atomic mass is 9.83. The predicted molar refractivity (Wildman–Crippen MR) is 124 cm³/mol. The Balaban J connectivity index is 1.62. The minimum Gasteiger partial charge on any atom is -0.507 e. The molecule has 1 aromatic carbocycles. The van der Waals surface area contributed by atoms with Crippen molar-refractivity contribution in [1.29, 1.82) is 0 Å². The van der Waals surface area contributed by atoms with Crippen LogP contribution in [-0.2, 0) is 11.2 Å². The van der Waals surface area contributed by atoms with Crippen LogP contribution in [-0.4, -0.2) is 59.8 Å². The Hall–Kier alpha value is -1.79. The van der Waals surface area contributed by atoms with Crippen molar-refractivity contribution in [1.82, 2.24) is 9.80 Å². The number of rotatable bonds is 8. The number of likely N-dealkylation sites (tertiary alicyclic amines) is 1. The highest BCUT2D eigenvalue weighted by atomic mass is 16.5. The van der Waals surface area contributed by atoms with E-state index in [2.05, 4.69) is 13.8 Å². The number of unbranched alkanes of at least 4 members (excludes halogenated alkanes) is 2. The van der Waals surface area contributed by atoms with Crippen LogP contribution in [0.2, 0.25) is 0 Å². The third-order valence-electron chi connectivity index (χ3n) is 7.00. The van der Waals surface area contributed by atoms with Gasteiger partial charge >= 0.3 is 6.03 Å². The third kappa shape index (κ3) is 5.53. The van der Waals surface area contributed by atoms with Crippen molar-refractivity contribution in [3.63, 3.8) is 0 Å². The second kappa shape index (κ2) is 11.2. The number of nitrogens with two attached hydrogens (primary N) is 1. The molecule has 0 saturated carbocycles. The van der Waals surface area contributed by atoms with Gasteiger partial charge in [0.2, 0.25) is 0 Å². The van der Waals surface area contributed by atoms with Crippen molar-refractivity contribution in [2.75, 3.05) is 32.7 Å². The number of aryl methyl sites for hydroxylation is 1. The van der Waals surface area contributed by atoms with Crippen LogP contribution in [0.5, 0.6) is 5.75 Å². The molecule has 0 radical (unpaired) electrons. The van der Waals surface area contributed by atoms with Crippen molar-refractivity contribution in [2.24, 2.45) is 11.7 Å². The fraction of sp³-hybridized carbons (Fsp3) is 0.720.